The molecule has 4 atom stereocenters. The van der Waals surface area contributed by atoms with Crippen molar-refractivity contribution in [2.45, 2.75) is 75.0 Å². The summed E-state index contributed by atoms with van der Waals surface area (Å²) >= 11 is 12.1. The first-order valence-electron chi connectivity index (χ1n) is 22.6. The van der Waals surface area contributed by atoms with Gasteiger partial charge in [-0.05, 0) is 126 Å². The standard InChI is InChI=1S/2C26H24ClN5O/c27-18-11-9-17(10-12-18)15-24-28-29-30-32(24)25-14-13-19(16-33)31(25)26-22-7-3-1-5-20(22)21-6-2-4-8-23(21)26;27-18-11-9-17(10-12-18)15-31-26(28-29-30-31)24-14-13-19(16-33)32(24)25-22-7-3-1-5-20(22)21-6-2-4-8-23(21)25/h1-12,19,25-26,33H,13-16H2;1-12,19,24-25,33H,13-16H2/t19-,25-;19-,24+/m00/s1. The highest BCUT2D eigenvalue weighted by molar-refractivity contribution is 6.30. The molecule has 332 valence electrons. The van der Waals surface area contributed by atoms with Crippen LogP contribution in [-0.4, -0.2) is 85.7 Å². The highest BCUT2D eigenvalue weighted by Gasteiger charge is 2.46. The van der Waals surface area contributed by atoms with Crippen LogP contribution in [0.3, 0.4) is 0 Å². The van der Waals surface area contributed by atoms with Gasteiger partial charge in [0.05, 0.1) is 37.9 Å². The maximum absolute atomic E-state index is 10.3. The van der Waals surface area contributed by atoms with Crippen molar-refractivity contribution in [1.82, 2.24) is 50.2 Å². The minimum Gasteiger partial charge on any atom is -0.395 e. The molecular weight excluding hydrogens is 868 g/mol. The second kappa shape index (κ2) is 18.3. The summed E-state index contributed by atoms with van der Waals surface area (Å²) in [4.78, 5) is 4.86. The van der Waals surface area contributed by atoms with Crippen molar-refractivity contribution >= 4 is 23.2 Å². The number of hydrogen-bond acceptors (Lipinski definition) is 10. The Morgan fingerprint density at radius 3 is 1.52 bits per heavy atom. The molecule has 2 aliphatic heterocycles. The molecule has 0 amide bonds. The van der Waals surface area contributed by atoms with E-state index in [1.807, 2.05) is 57.9 Å². The van der Waals surface area contributed by atoms with Gasteiger partial charge in [0.25, 0.3) is 0 Å². The monoisotopic (exact) mass is 914 g/mol. The second-order valence-electron chi connectivity index (χ2n) is 17.5. The van der Waals surface area contributed by atoms with Crippen LogP contribution < -0.4 is 0 Å². The molecule has 0 spiro atoms. The number of aliphatic hydroxyl groups excluding tert-OH is 2. The van der Waals surface area contributed by atoms with Gasteiger partial charge in [-0.2, -0.15) is 0 Å². The van der Waals surface area contributed by atoms with Crippen LogP contribution in [0.25, 0.3) is 22.3 Å². The zero-order chi connectivity index (χ0) is 44.7. The predicted octanol–water partition coefficient (Wildman–Crippen LogP) is 9.29. The SMILES string of the molecule is OC[C@@H]1CC[C@H](c2nnnn2Cc2ccc(Cl)cc2)N1C1c2ccccc2-c2ccccc21.OC[C@@H]1CC[C@H](n2nnnc2Cc2ccc(Cl)cc2)N1C1c2ccccc2-c2ccccc21. The lowest BCUT2D eigenvalue weighted by atomic mass is 10.0. The third-order valence-electron chi connectivity index (χ3n) is 13.9. The van der Waals surface area contributed by atoms with Crippen molar-refractivity contribution in [2.24, 2.45) is 0 Å². The van der Waals surface area contributed by atoms with Gasteiger partial charge in [-0.25, -0.2) is 9.36 Å². The van der Waals surface area contributed by atoms with Crippen LogP contribution in [0.1, 0.15) is 95.0 Å². The number of nitrogens with zero attached hydrogens (tertiary/aromatic N) is 10. The van der Waals surface area contributed by atoms with E-state index in [1.54, 1.807) is 0 Å². The number of aliphatic hydroxyl groups is 2. The molecule has 2 saturated heterocycles. The van der Waals surface area contributed by atoms with E-state index in [-0.39, 0.29) is 49.6 Å². The molecule has 14 heteroatoms. The number of halogens is 2. The summed E-state index contributed by atoms with van der Waals surface area (Å²) in [5, 5.41) is 47.7. The van der Waals surface area contributed by atoms with Crippen molar-refractivity contribution in [1.29, 1.82) is 0 Å². The number of aromatic nitrogens is 8. The average Bonchev–Trinajstić information content (AvgIpc) is 4.23. The van der Waals surface area contributed by atoms with Crippen molar-refractivity contribution < 1.29 is 10.2 Å². The van der Waals surface area contributed by atoms with E-state index in [2.05, 4.69) is 138 Å². The van der Waals surface area contributed by atoms with Crippen LogP contribution in [0.15, 0.2) is 146 Å². The molecule has 4 heterocycles. The molecule has 66 heavy (non-hydrogen) atoms. The first-order valence-corrected chi connectivity index (χ1v) is 23.4. The normalized spacial score (nSPS) is 20.2. The Kier molecular flexibility index (Phi) is 11.8. The summed E-state index contributed by atoms with van der Waals surface area (Å²) in [5.74, 6) is 1.65. The first-order chi connectivity index (χ1) is 32.5. The van der Waals surface area contributed by atoms with Crippen molar-refractivity contribution in [3.63, 3.8) is 0 Å². The minimum absolute atomic E-state index is 0.00802. The Labute approximate surface area is 393 Å². The van der Waals surface area contributed by atoms with Gasteiger partial charge in [0.15, 0.2) is 11.6 Å². The van der Waals surface area contributed by atoms with Gasteiger partial charge in [-0.3, -0.25) is 9.80 Å². The fourth-order valence-electron chi connectivity index (χ4n) is 11.0. The highest BCUT2D eigenvalue weighted by Crippen LogP contribution is 2.53. The molecule has 0 unspecified atom stereocenters. The van der Waals surface area contributed by atoms with Crippen LogP contribution in [0, 0.1) is 0 Å². The van der Waals surface area contributed by atoms with Gasteiger partial charge in [0.1, 0.15) is 6.17 Å². The molecule has 2 aliphatic carbocycles. The number of likely N-dealkylation sites (tertiary alicyclic amines) is 2. The molecule has 0 bridgehead atoms. The molecular formula is C52H48Cl2N10O2. The number of tetrazole rings is 2. The lowest BCUT2D eigenvalue weighted by Crippen LogP contribution is -2.40. The van der Waals surface area contributed by atoms with E-state index in [1.165, 1.54) is 44.5 Å². The fourth-order valence-corrected chi connectivity index (χ4v) is 11.3. The number of rotatable bonds is 10. The third kappa shape index (κ3) is 7.71. The number of benzene rings is 6. The molecule has 12 rings (SSSR count). The summed E-state index contributed by atoms with van der Waals surface area (Å²) in [7, 11) is 0. The molecule has 6 aromatic carbocycles. The number of hydrogen-bond donors (Lipinski definition) is 2. The topological polar surface area (TPSA) is 134 Å². The first kappa shape index (κ1) is 42.5. The van der Waals surface area contributed by atoms with E-state index in [9.17, 15) is 10.2 Å². The molecule has 0 radical (unpaired) electrons. The van der Waals surface area contributed by atoms with E-state index in [4.69, 9.17) is 23.2 Å². The van der Waals surface area contributed by atoms with Gasteiger partial charge < -0.3 is 10.2 Å². The molecule has 2 aromatic heterocycles. The Morgan fingerprint density at radius 2 is 0.970 bits per heavy atom. The maximum Gasteiger partial charge on any atom is 0.168 e. The molecule has 2 N–H and O–H groups in total. The van der Waals surface area contributed by atoms with Crippen LogP contribution in [-0.2, 0) is 13.0 Å². The van der Waals surface area contributed by atoms with Crippen molar-refractivity contribution in [3.05, 3.63) is 201 Å². The Morgan fingerprint density at radius 1 is 0.500 bits per heavy atom. The Balaban J connectivity index is 0.000000146. The summed E-state index contributed by atoms with van der Waals surface area (Å²) in [6, 6.07) is 50.1. The summed E-state index contributed by atoms with van der Waals surface area (Å²) < 4.78 is 3.83. The van der Waals surface area contributed by atoms with Gasteiger partial charge >= 0.3 is 0 Å². The maximum atomic E-state index is 10.3. The Bertz CT molecular complexity index is 2690. The van der Waals surface area contributed by atoms with Crippen LogP contribution in [0.5, 0.6) is 0 Å². The van der Waals surface area contributed by atoms with Gasteiger partial charge in [-0.15, -0.1) is 10.2 Å². The highest BCUT2D eigenvalue weighted by atomic mass is 35.5. The smallest absolute Gasteiger partial charge is 0.168 e. The van der Waals surface area contributed by atoms with E-state index in [0.717, 1.165) is 48.5 Å². The average molecular weight is 916 g/mol. The van der Waals surface area contributed by atoms with E-state index >= 15 is 0 Å². The van der Waals surface area contributed by atoms with E-state index < -0.39 is 0 Å². The fraction of sp³-hybridized carbons (Fsp3) is 0.269. The second-order valence-corrected chi connectivity index (χ2v) is 18.4. The van der Waals surface area contributed by atoms with Crippen molar-refractivity contribution in [3.8, 4) is 22.3 Å². The van der Waals surface area contributed by atoms with E-state index in [0.29, 0.717) is 23.0 Å². The Hall–Kier alpha value is -6.12. The molecule has 4 aliphatic rings. The lowest BCUT2D eigenvalue weighted by molar-refractivity contribution is 0.0650. The van der Waals surface area contributed by atoms with Crippen LogP contribution in [0.2, 0.25) is 10.0 Å². The predicted molar refractivity (Wildman–Crippen MR) is 254 cm³/mol. The molecule has 12 nitrogen and oxygen atoms in total. The summed E-state index contributed by atoms with van der Waals surface area (Å²) in [6.07, 6.45) is 4.15. The molecule has 0 saturated carbocycles. The van der Waals surface area contributed by atoms with Gasteiger partial charge in [0, 0.05) is 28.5 Å². The largest absolute Gasteiger partial charge is 0.395 e. The third-order valence-corrected chi connectivity index (χ3v) is 14.4. The summed E-state index contributed by atoms with van der Waals surface area (Å²) in [6.45, 7) is 0.785. The van der Waals surface area contributed by atoms with Gasteiger partial charge in [0.2, 0.25) is 0 Å². The van der Waals surface area contributed by atoms with Crippen LogP contribution >= 0.6 is 23.2 Å². The quantitative estimate of drug-likeness (QED) is 0.137. The summed E-state index contributed by atoms with van der Waals surface area (Å²) in [5.41, 5.74) is 12.4. The zero-order valence-corrected chi connectivity index (χ0v) is 37.6. The van der Waals surface area contributed by atoms with Gasteiger partial charge in [-0.1, -0.05) is 145 Å². The zero-order valence-electron chi connectivity index (χ0n) is 36.1. The molecule has 8 aromatic rings. The molecule has 2 fully saturated rings. The van der Waals surface area contributed by atoms with Crippen LogP contribution in [0.4, 0.5) is 0 Å². The minimum atomic E-state index is -0.0383. The van der Waals surface area contributed by atoms with Crippen molar-refractivity contribution in [2.75, 3.05) is 13.2 Å². The lowest BCUT2D eigenvalue weighted by Gasteiger charge is -2.36. The number of fused-ring (bicyclic) bond motifs is 6.